The topological polar surface area (TPSA) is 21.3 Å². The van der Waals surface area contributed by atoms with Crippen molar-refractivity contribution in [2.24, 2.45) is 5.92 Å². The van der Waals surface area contributed by atoms with Gasteiger partial charge in [-0.15, -0.1) is 0 Å². The minimum atomic E-state index is -2.76. The van der Waals surface area contributed by atoms with Crippen molar-refractivity contribution in [1.82, 2.24) is 5.32 Å². The average Bonchev–Trinajstić information content (AvgIpc) is 2.89. The lowest BCUT2D eigenvalue weighted by atomic mass is 9.91. The molecule has 1 aromatic rings. The van der Waals surface area contributed by atoms with E-state index in [1.54, 1.807) is 18.2 Å². The summed E-state index contributed by atoms with van der Waals surface area (Å²) in [5.41, 5.74) is 1.05. The van der Waals surface area contributed by atoms with Crippen molar-refractivity contribution in [3.63, 3.8) is 0 Å². The van der Waals surface area contributed by atoms with Crippen LogP contribution in [0.15, 0.2) is 24.3 Å². The molecular formula is C15H21F2NO. The Hall–Kier alpha value is -1.16. The van der Waals surface area contributed by atoms with Crippen molar-refractivity contribution in [3.8, 4) is 5.75 Å². The summed E-state index contributed by atoms with van der Waals surface area (Å²) < 4.78 is 29.0. The van der Waals surface area contributed by atoms with Gasteiger partial charge in [0.25, 0.3) is 0 Å². The normalized spacial score (nSPS) is 17.9. The first-order valence-electron chi connectivity index (χ1n) is 6.99. The highest BCUT2D eigenvalue weighted by Crippen LogP contribution is 2.36. The second kappa shape index (κ2) is 6.85. The molecule has 0 heterocycles. The molecule has 2 rings (SSSR count). The molecule has 1 aromatic carbocycles. The lowest BCUT2D eigenvalue weighted by Crippen LogP contribution is -2.27. The van der Waals surface area contributed by atoms with Gasteiger partial charge in [-0.1, -0.05) is 31.9 Å². The van der Waals surface area contributed by atoms with Crippen LogP contribution in [-0.4, -0.2) is 13.2 Å². The zero-order valence-electron chi connectivity index (χ0n) is 11.2. The number of halogens is 2. The van der Waals surface area contributed by atoms with Crippen molar-refractivity contribution in [2.75, 3.05) is 6.54 Å². The van der Waals surface area contributed by atoms with Crippen LogP contribution in [0.5, 0.6) is 5.75 Å². The van der Waals surface area contributed by atoms with E-state index in [4.69, 9.17) is 0 Å². The molecule has 4 heteroatoms. The van der Waals surface area contributed by atoms with E-state index in [1.807, 2.05) is 6.07 Å². The highest BCUT2D eigenvalue weighted by atomic mass is 19.3. The quantitative estimate of drug-likeness (QED) is 0.838. The van der Waals surface area contributed by atoms with E-state index in [-0.39, 0.29) is 11.8 Å². The molecule has 1 unspecified atom stereocenters. The van der Waals surface area contributed by atoms with E-state index >= 15 is 0 Å². The van der Waals surface area contributed by atoms with E-state index in [0.29, 0.717) is 5.92 Å². The van der Waals surface area contributed by atoms with Crippen molar-refractivity contribution in [2.45, 2.75) is 45.3 Å². The summed E-state index contributed by atoms with van der Waals surface area (Å²) in [4.78, 5) is 0. The summed E-state index contributed by atoms with van der Waals surface area (Å²) >= 11 is 0. The SMILES string of the molecule is CCNC(c1cccc(OC(F)F)c1)C1CCCC1. The van der Waals surface area contributed by atoms with Gasteiger partial charge in [0.2, 0.25) is 0 Å². The van der Waals surface area contributed by atoms with Gasteiger partial charge in [0, 0.05) is 6.04 Å². The van der Waals surface area contributed by atoms with Gasteiger partial charge in [-0.05, 0) is 43.0 Å². The van der Waals surface area contributed by atoms with Crippen LogP contribution in [0.3, 0.4) is 0 Å². The summed E-state index contributed by atoms with van der Waals surface area (Å²) in [5, 5.41) is 3.48. The first-order chi connectivity index (χ1) is 9.20. The smallest absolute Gasteiger partial charge is 0.387 e. The van der Waals surface area contributed by atoms with Gasteiger partial charge in [-0.2, -0.15) is 8.78 Å². The van der Waals surface area contributed by atoms with E-state index in [9.17, 15) is 8.78 Å². The largest absolute Gasteiger partial charge is 0.435 e. The van der Waals surface area contributed by atoms with Gasteiger partial charge in [0.05, 0.1) is 0 Å². The minimum Gasteiger partial charge on any atom is -0.435 e. The third kappa shape index (κ3) is 3.90. The molecule has 1 atom stereocenters. The fourth-order valence-electron chi connectivity index (χ4n) is 2.95. The fourth-order valence-corrected chi connectivity index (χ4v) is 2.95. The summed E-state index contributed by atoms with van der Waals surface area (Å²) in [6.07, 6.45) is 4.94. The van der Waals surface area contributed by atoms with Crippen LogP contribution < -0.4 is 10.1 Å². The summed E-state index contributed by atoms with van der Waals surface area (Å²) in [7, 11) is 0. The van der Waals surface area contributed by atoms with Crippen LogP contribution in [0.2, 0.25) is 0 Å². The highest BCUT2D eigenvalue weighted by molar-refractivity contribution is 5.31. The maximum absolute atomic E-state index is 12.3. The van der Waals surface area contributed by atoms with Crippen LogP contribution in [0, 0.1) is 5.92 Å². The van der Waals surface area contributed by atoms with Gasteiger partial charge in [0.1, 0.15) is 5.75 Å². The molecule has 0 aromatic heterocycles. The predicted molar refractivity (Wildman–Crippen MR) is 71.4 cm³/mol. The molecule has 1 fully saturated rings. The van der Waals surface area contributed by atoms with Crippen LogP contribution in [-0.2, 0) is 0 Å². The maximum atomic E-state index is 12.3. The zero-order chi connectivity index (χ0) is 13.7. The van der Waals surface area contributed by atoms with Crippen molar-refractivity contribution >= 4 is 0 Å². The summed E-state index contributed by atoms with van der Waals surface area (Å²) in [5.74, 6) is 0.843. The molecule has 0 saturated heterocycles. The molecule has 0 aliphatic heterocycles. The lowest BCUT2D eigenvalue weighted by Gasteiger charge is -2.25. The molecule has 1 saturated carbocycles. The standard InChI is InChI=1S/C15H21F2NO/c1-2-18-14(11-6-3-4-7-11)12-8-5-9-13(10-12)19-15(16)17/h5,8-11,14-15,18H,2-4,6-7H2,1H3. The zero-order valence-corrected chi connectivity index (χ0v) is 11.2. The Bertz CT molecular complexity index is 391. The number of hydrogen-bond donors (Lipinski definition) is 1. The van der Waals surface area contributed by atoms with Crippen LogP contribution in [0.4, 0.5) is 8.78 Å². The average molecular weight is 269 g/mol. The van der Waals surface area contributed by atoms with Gasteiger partial charge < -0.3 is 10.1 Å². The molecule has 106 valence electrons. The first-order valence-corrected chi connectivity index (χ1v) is 6.99. The first kappa shape index (κ1) is 14.3. The number of ether oxygens (including phenoxy) is 1. The third-order valence-electron chi connectivity index (χ3n) is 3.74. The molecule has 0 bridgehead atoms. The van der Waals surface area contributed by atoms with Crippen molar-refractivity contribution in [3.05, 3.63) is 29.8 Å². The van der Waals surface area contributed by atoms with Crippen molar-refractivity contribution in [1.29, 1.82) is 0 Å². The monoisotopic (exact) mass is 269 g/mol. The molecule has 0 spiro atoms. The molecule has 1 N–H and O–H groups in total. The highest BCUT2D eigenvalue weighted by Gasteiger charge is 2.25. The lowest BCUT2D eigenvalue weighted by molar-refractivity contribution is -0.0499. The maximum Gasteiger partial charge on any atom is 0.387 e. The Morgan fingerprint density at radius 1 is 1.32 bits per heavy atom. The Morgan fingerprint density at radius 3 is 2.68 bits per heavy atom. The van der Waals surface area contributed by atoms with Crippen molar-refractivity contribution < 1.29 is 13.5 Å². The third-order valence-corrected chi connectivity index (χ3v) is 3.74. The Morgan fingerprint density at radius 2 is 2.05 bits per heavy atom. The number of nitrogens with one attached hydrogen (secondary N) is 1. The number of alkyl halides is 2. The minimum absolute atomic E-state index is 0.244. The number of hydrogen-bond acceptors (Lipinski definition) is 2. The summed E-state index contributed by atoms with van der Waals surface area (Å²) in [6.45, 7) is 0.182. The van der Waals surface area contributed by atoms with Gasteiger partial charge in [0.15, 0.2) is 0 Å². The summed E-state index contributed by atoms with van der Waals surface area (Å²) in [6, 6.07) is 7.33. The Balaban J connectivity index is 2.15. The van der Waals surface area contributed by atoms with Crippen LogP contribution in [0.25, 0.3) is 0 Å². The molecule has 1 aliphatic rings. The van der Waals surface area contributed by atoms with E-state index in [0.717, 1.165) is 12.1 Å². The van der Waals surface area contributed by atoms with Gasteiger partial charge in [-0.3, -0.25) is 0 Å². The second-order valence-corrected chi connectivity index (χ2v) is 5.03. The molecule has 1 aliphatic carbocycles. The molecule has 0 radical (unpaired) electrons. The van der Waals surface area contributed by atoms with E-state index in [2.05, 4.69) is 17.0 Å². The Kier molecular flexibility index (Phi) is 5.14. The van der Waals surface area contributed by atoms with Gasteiger partial charge >= 0.3 is 6.61 Å². The van der Waals surface area contributed by atoms with Crippen LogP contribution in [0.1, 0.15) is 44.2 Å². The Labute approximate surface area is 113 Å². The number of benzene rings is 1. The molecule has 19 heavy (non-hydrogen) atoms. The van der Waals surface area contributed by atoms with Crippen LogP contribution >= 0.6 is 0 Å². The molecule has 0 amide bonds. The molecule has 2 nitrogen and oxygen atoms in total. The van der Waals surface area contributed by atoms with Gasteiger partial charge in [-0.25, -0.2) is 0 Å². The predicted octanol–water partition coefficient (Wildman–Crippen LogP) is 4.13. The van der Waals surface area contributed by atoms with E-state index < -0.39 is 6.61 Å². The van der Waals surface area contributed by atoms with E-state index in [1.165, 1.54) is 25.7 Å². The molecular weight excluding hydrogens is 248 g/mol. The number of rotatable bonds is 6. The second-order valence-electron chi connectivity index (χ2n) is 5.03. The fraction of sp³-hybridized carbons (Fsp3) is 0.600.